The van der Waals surface area contributed by atoms with Crippen LogP contribution in [0, 0.1) is 12.8 Å². The molecule has 0 unspecified atom stereocenters. The van der Waals surface area contributed by atoms with Crippen molar-refractivity contribution < 1.29 is 32.6 Å². The van der Waals surface area contributed by atoms with Crippen LogP contribution < -0.4 is 5.32 Å². The number of aromatic nitrogens is 1. The van der Waals surface area contributed by atoms with Gasteiger partial charge in [0.25, 0.3) is 0 Å². The molecule has 3 atom stereocenters. The van der Waals surface area contributed by atoms with Crippen LogP contribution in [0.2, 0.25) is 0 Å². The fourth-order valence-corrected chi connectivity index (χ4v) is 5.11. The summed E-state index contributed by atoms with van der Waals surface area (Å²) in [4.78, 5) is 30.8. The number of halogens is 3. The maximum atomic E-state index is 12.7. The van der Waals surface area contributed by atoms with Crippen LogP contribution in [0.3, 0.4) is 0 Å². The number of aryl methyl sites for hydroxylation is 1. The number of fused-ring (bicyclic) bond motifs is 1. The number of thiophene rings is 1. The number of carboxylic acids is 1. The zero-order chi connectivity index (χ0) is 22.6. The van der Waals surface area contributed by atoms with E-state index >= 15 is 0 Å². The Bertz CT molecular complexity index is 888. The Morgan fingerprint density at radius 3 is 2.71 bits per heavy atom. The Morgan fingerprint density at radius 1 is 1.39 bits per heavy atom. The van der Waals surface area contributed by atoms with E-state index < -0.39 is 12.1 Å². The van der Waals surface area contributed by atoms with Crippen molar-refractivity contribution in [3.05, 3.63) is 38.5 Å². The number of hydrogen-bond acceptors (Lipinski definition) is 7. The van der Waals surface area contributed by atoms with E-state index in [1.165, 1.54) is 9.75 Å². The van der Waals surface area contributed by atoms with E-state index in [0.717, 1.165) is 31.8 Å². The van der Waals surface area contributed by atoms with E-state index in [1.807, 2.05) is 23.0 Å². The van der Waals surface area contributed by atoms with Crippen LogP contribution >= 0.6 is 22.7 Å². The topological polar surface area (TPSA) is 91.8 Å². The molecule has 4 rings (SSSR count). The van der Waals surface area contributed by atoms with Crippen LogP contribution in [-0.4, -0.2) is 58.3 Å². The summed E-state index contributed by atoms with van der Waals surface area (Å²) in [5, 5.41) is 12.2. The van der Waals surface area contributed by atoms with Gasteiger partial charge in [-0.1, -0.05) is 6.07 Å². The minimum atomic E-state index is -5.08. The van der Waals surface area contributed by atoms with Gasteiger partial charge in [0.1, 0.15) is 0 Å². The molecule has 0 radical (unpaired) electrons. The van der Waals surface area contributed by atoms with Gasteiger partial charge in [-0.15, -0.1) is 22.7 Å². The van der Waals surface area contributed by atoms with Crippen molar-refractivity contribution in [3.8, 4) is 0 Å². The zero-order valence-electron chi connectivity index (χ0n) is 16.6. The molecule has 31 heavy (non-hydrogen) atoms. The fraction of sp³-hybridized carbons (Fsp3) is 0.526. The van der Waals surface area contributed by atoms with Crippen molar-refractivity contribution in [2.24, 2.45) is 5.92 Å². The van der Waals surface area contributed by atoms with E-state index in [9.17, 15) is 18.0 Å². The van der Waals surface area contributed by atoms with E-state index in [4.69, 9.17) is 14.6 Å². The van der Waals surface area contributed by atoms with E-state index in [0.29, 0.717) is 12.6 Å². The molecule has 170 valence electrons. The molecule has 2 saturated heterocycles. The first-order valence-corrected chi connectivity index (χ1v) is 11.3. The minimum absolute atomic E-state index is 0.0292. The largest absolute Gasteiger partial charge is 0.490 e. The SMILES string of the molecule is Cc1ncsc1CN1C[C@H](C(=O)NCc2cccs2)[C@H]2OCC[C@H]21.O=C(O)C(F)(F)F. The second-order valence-electron chi connectivity index (χ2n) is 7.19. The van der Waals surface area contributed by atoms with Crippen LogP contribution in [0.4, 0.5) is 13.2 Å². The molecule has 4 heterocycles. The van der Waals surface area contributed by atoms with Gasteiger partial charge in [0, 0.05) is 35.5 Å². The lowest BCUT2D eigenvalue weighted by Gasteiger charge is -2.21. The molecule has 2 aromatic heterocycles. The number of thiazole rings is 1. The van der Waals surface area contributed by atoms with Gasteiger partial charge in [-0.05, 0) is 24.8 Å². The average molecular weight is 478 g/mol. The number of alkyl halides is 3. The fourth-order valence-electron chi connectivity index (χ4n) is 3.66. The van der Waals surface area contributed by atoms with Crippen LogP contribution in [0.25, 0.3) is 0 Å². The highest BCUT2D eigenvalue weighted by molar-refractivity contribution is 7.10. The number of aliphatic carboxylic acids is 1. The van der Waals surface area contributed by atoms with Gasteiger partial charge in [-0.3, -0.25) is 9.69 Å². The molecule has 12 heteroatoms. The summed E-state index contributed by atoms with van der Waals surface area (Å²) in [5.41, 5.74) is 3.00. The number of carbonyl (C=O) groups is 2. The Morgan fingerprint density at radius 2 is 2.13 bits per heavy atom. The Balaban J connectivity index is 0.000000339. The third kappa shape index (κ3) is 6.03. The van der Waals surface area contributed by atoms with E-state index in [1.54, 1.807) is 22.7 Å². The molecule has 0 bridgehead atoms. The maximum absolute atomic E-state index is 12.7. The van der Waals surface area contributed by atoms with Gasteiger partial charge < -0.3 is 15.2 Å². The van der Waals surface area contributed by atoms with Gasteiger partial charge >= 0.3 is 12.1 Å². The van der Waals surface area contributed by atoms with Crippen LogP contribution in [0.15, 0.2) is 23.0 Å². The molecule has 1 amide bonds. The molecule has 0 aliphatic carbocycles. The molecule has 0 aromatic carbocycles. The van der Waals surface area contributed by atoms with Crippen LogP contribution in [0.1, 0.15) is 21.9 Å². The summed E-state index contributed by atoms with van der Waals surface area (Å²) in [6, 6.07) is 4.41. The lowest BCUT2D eigenvalue weighted by molar-refractivity contribution is -0.192. The first-order chi connectivity index (χ1) is 14.7. The Hall–Kier alpha value is -2.02. The first kappa shape index (κ1) is 23.6. The lowest BCUT2D eigenvalue weighted by Crippen LogP contribution is -2.37. The normalized spacial score (nSPS) is 23.2. The number of carbonyl (C=O) groups excluding carboxylic acids is 1. The summed E-state index contributed by atoms with van der Waals surface area (Å²) in [6.07, 6.45) is -4.04. The number of ether oxygens (including phenoxy) is 1. The minimum Gasteiger partial charge on any atom is -0.475 e. The highest BCUT2D eigenvalue weighted by Gasteiger charge is 2.48. The first-order valence-electron chi connectivity index (χ1n) is 9.51. The maximum Gasteiger partial charge on any atom is 0.490 e. The highest BCUT2D eigenvalue weighted by atomic mass is 32.1. The predicted molar refractivity (Wildman–Crippen MR) is 109 cm³/mol. The van der Waals surface area contributed by atoms with Crippen molar-refractivity contribution in [1.82, 2.24) is 15.2 Å². The van der Waals surface area contributed by atoms with Crippen molar-refractivity contribution in [1.29, 1.82) is 0 Å². The highest BCUT2D eigenvalue weighted by Crippen LogP contribution is 2.35. The van der Waals surface area contributed by atoms with Crippen molar-refractivity contribution >= 4 is 34.6 Å². The quantitative estimate of drug-likeness (QED) is 0.688. The van der Waals surface area contributed by atoms with E-state index in [-0.39, 0.29) is 17.9 Å². The molecule has 2 fully saturated rings. The molecule has 0 spiro atoms. The monoisotopic (exact) mass is 477 g/mol. The van der Waals surface area contributed by atoms with Gasteiger partial charge in [0.2, 0.25) is 5.91 Å². The second-order valence-corrected chi connectivity index (χ2v) is 9.16. The molecule has 7 nitrogen and oxygen atoms in total. The van der Waals surface area contributed by atoms with Gasteiger partial charge in [-0.25, -0.2) is 9.78 Å². The Labute approximate surface area is 184 Å². The summed E-state index contributed by atoms with van der Waals surface area (Å²) in [7, 11) is 0. The Kier molecular flexibility index (Phi) is 7.68. The number of amides is 1. The van der Waals surface area contributed by atoms with Crippen molar-refractivity contribution in [2.75, 3.05) is 13.2 Å². The second kappa shape index (κ2) is 10.1. The predicted octanol–water partition coefficient (Wildman–Crippen LogP) is 3.05. The molecular weight excluding hydrogens is 455 g/mol. The van der Waals surface area contributed by atoms with Gasteiger partial charge in [0.05, 0.1) is 29.8 Å². The summed E-state index contributed by atoms with van der Waals surface area (Å²) in [5.74, 6) is -2.72. The molecule has 2 aromatic rings. The molecule has 2 N–H and O–H groups in total. The third-order valence-electron chi connectivity index (χ3n) is 5.19. The summed E-state index contributed by atoms with van der Waals surface area (Å²) < 4.78 is 37.7. The van der Waals surface area contributed by atoms with Crippen molar-refractivity contribution in [3.63, 3.8) is 0 Å². The zero-order valence-corrected chi connectivity index (χ0v) is 18.2. The standard InChI is InChI=1S/C17H21N3O2S2.C2HF3O2/c1-11-15(24-10-19-11)9-20-8-13(16-14(20)4-5-22-16)17(21)18-7-12-3-2-6-23-12;3-2(4,5)1(6)7/h2-3,6,10,13-14,16H,4-5,7-9H2,1H3,(H,18,21);(H,6,7)/t13-,14+,16+;/m0./s1. The number of nitrogens with zero attached hydrogens (tertiary/aromatic N) is 2. The average Bonchev–Trinajstić information content (AvgIpc) is 3.47. The van der Waals surface area contributed by atoms with Gasteiger partial charge in [-0.2, -0.15) is 13.2 Å². The molecule has 2 aliphatic heterocycles. The number of hydrogen-bond donors (Lipinski definition) is 2. The summed E-state index contributed by atoms with van der Waals surface area (Å²) in [6.45, 7) is 5.05. The summed E-state index contributed by atoms with van der Waals surface area (Å²) >= 11 is 3.37. The smallest absolute Gasteiger partial charge is 0.475 e. The molecule has 0 saturated carbocycles. The van der Waals surface area contributed by atoms with Crippen LogP contribution in [0.5, 0.6) is 0 Å². The van der Waals surface area contributed by atoms with Crippen molar-refractivity contribution in [2.45, 2.75) is 44.8 Å². The van der Waals surface area contributed by atoms with Crippen LogP contribution in [-0.2, 0) is 27.4 Å². The lowest BCUT2D eigenvalue weighted by atomic mass is 10.0. The van der Waals surface area contributed by atoms with Gasteiger partial charge in [0.15, 0.2) is 0 Å². The number of carboxylic acid groups (broad SMARTS) is 1. The number of likely N-dealkylation sites (tertiary alicyclic amines) is 1. The number of rotatable bonds is 5. The third-order valence-corrected chi connectivity index (χ3v) is 6.98. The molecule has 2 aliphatic rings. The number of nitrogens with one attached hydrogen (secondary N) is 1. The molecular formula is C19H22F3N3O4S2. The van der Waals surface area contributed by atoms with E-state index in [2.05, 4.69) is 22.1 Å².